The highest BCUT2D eigenvalue weighted by Crippen LogP contribution is 2.27. The van der Waals surface area contributed by atoms with Crippen LogP contribution >= 0.6 is 0 Å². The van der Waals surface area contributed by atoms with E-state index in [0.29, 0.717) is 0 Å². The van der Waals surface area contributed by atoms with Crippen molar-refractivity contribution in [2.24, 2.45) is 0 Å². The molecule has 0 spiro atoms. The molecule has 0 heterocycles. The quantitative estimate of drug-likeness (QED) is 0.646. The van der Waals surface area contributed by atoms with Gasteiger partial charge in [-0.15, -0.1) is 5.73 Å². The fraction of sp³-hybridized carbons (Fsp3) is 0.211. The van der Waals surface area contributed by atoms with Crippen LogP contribution in [0.4, 0.5) is 0 Å². The van der Waals surface area contributed by atoms with Gasteiger partial charge in [-0.05, 0) is 61.1 Å². The second-order valence-electron chi connectivity index (χ2n) is 5.10. The van der Waals surface area contributed by atoms with Crippen molar-refractivity contribution in [1.82, 2.24) is 0 Å². The SMILES string of the molecule is C=C=C(c1ccc(C)c(C)c1)c1cccc(C)c1C. The standard InChI is InChI=1S/C19H20/c1-6-18(17-11-10-13(2)15(4)12-17)19-9-7-8-14(3)16(19)5/h7-12H,1H2,2-5H3. The van der Waals surface area contributed by atoms with E-state index in [1.165, 1.54) is 33.4 Å². The summed E-state index contributed by atoms with van der Waals surface area (Å²) < 4.78 is 0. The maximum Gasteiger partial charge on any atom is 0.0306 e. The maximum absolute atomic E-state index is 3.87. The lowest BCUT2D eigenvalue weighted by atomic mass is 9.91. The Balaban J connectivity index is 2.61. The van der Waals surface area contributed by atoms with Gasteiger partial charge < -0.3 is 0 Å². The van der Waals surface area contributed by atoms with Crippen molar-refractivity contribution in [2.75, 3.05) is 0 Å². The zero-order valence-electron chi connectivity index (χ0n) is 12.2. The van der Waals surface area contributed by atoms with Crippen molar-refractivity contribution >= 4 is 5.57 Å². The van der Waals surface area contributed by atoms with Gasteiger partial charge in [-0.3, -0.25) is 0 Å². The van der Waals surface area contributed by atoms with Crippen molar-refractivity contribution in [2.45, 2.75) is 27.7 Å². The molecular weight excluding hydrogens is 228 g/mol. The largest absolute Gasteiger partial charge is 0.119 e. The fourth-order valence-electron chi connectivity index (χ4n) is 2.27. The molecule has 0 heteroatoms. The normalized spacial score (nSPS) is 10.1. The molecule has 0 saturated heterocycles. The lowest BCUT2D eigenvalue weighted by Gasteiger charge is -2.12. The Labute approximate surface area is 116 Å². The van der Waals surface area contributed by atoms with E-state index in [9.17, 15) is 0 Å². The molecule has 2 aromatic carbocycles. The summed E-state index contributed by atoms with van der Waals surface area (Å²) in [5.74, 6) is 0. The Morgan fingerprint density at radius 3 is 2.26 bits per heavy atom. The lowest BCUT2D eigenvalue weighted by Crippen LogP contribution is -1.94. The van der Waals surface area contributed by atoms with E-state index in [1.807, 2.05) is 0 Å². The molecule has 0 aliphatic heterocycles. The van der Waals surface area contributed by atoms with Crippen molar-refractivity contribution in [1.29, 1.82) is 0 Å². The Morgan fingerprint density at radius 2 is 1.63 bits per heavy atom. The molecule has 0 nitrogen and oxygen atoms in total. The fourth-order valence-corrected chi connectivity index (χ4v) is 2.27. The predicted octanol–water partition coefficient (Wildman–Crippen LogP) is 5.14. The summed E-state index contributed by atoms with van der Waals surface area (Å²) in [5.41, 5.74) is 11.8. The van der Waals surface area contributed by atoms with Crippen LogP contribution in [-0.4, -0.2) is 0 Å². The molecule has 0 fully saturated rings. The van der Waals surface area contributed by atoms with Gasteiger partial charge in [-0.25, -0.2) is 0 Å². The number of hydrogen-bond donors (Lipinski definition) is 0. The molecule has 0 atom stereocenters. The zero-order chi connectivity index (χ0) is 14.0. The van der Waals surface area contributed by atoms with Crippen molar-refractivity contribution in [3.8, 4) is 0 Å². The van der Waals surface area contributed by atoms with E-state index in [1.54, 1.807) is 0 Å². The predicted molar refractivity (Wildman–Crippen MR) is 83.5 cm³/mol. The number of rotatable bonds is 2. The van der Waals surface area contributed by atoms with Gasteiger partial charge in [0.25, 0.3) is 0 Å². The van der Waals surface area contributed by atoms with Gasteiger partial charge in [0.05, 0.1) is 0 Å². The minimum absolute atomic E-state index is 1.09. The van der Waals surface area contributed by atoms with E-state index in [0.717, 1.165) is 5.57 Å². The Bertz CT molecular complexity index is 668. The average molecular weight is 248 g/mol. The molecule has 96 valence electrons. The van der Waals surface area contributed by atoms with Gasteiger partial charge in [0.15, 0.2) is 0 Å². The molecule has 0 radical (unpaired) electrons. The first-order valence-electron chi connectivity index (χ1n) is 6.59. The van der Waals surface area contributed by atoms with Crippen LogP contribution in [0, 0.1) is 27.7 Å². The van der Waals surface area contributed by atoms with Gasteiger partial charge in [-0.2, -0.15) is 0 Å². The summed E-state index contributed by atoms with van der Waals surface area (Å²) in [6.07, 6.45) is 0. The van der Waals surface area contributed by atoms with Crippen LogP contribution in [0.15, 0.2) is 48.7 Å². The summed E-state index contributed by atoms with van der Waals surface area (Å²) in [4.78, 5) is 0. The molecule has 0 bridgehead atoms. The van der Waals surface area contributed by atoms with E-state index < -0.39 is 0 Å². The highest BCUT2D eigenvalue weighted by atomic mass is 14.1. The monoisotopic (exact) mass is 248 g/mol. The average Bonchev–Trinajstić information content (AvgIpc) is 2.39. The molecule has 0 aromatic heterocycles. The molecule has 0 N–H and O–H groups in total. The molecule has 0 amide bonds. The summed E-state index contributed by atoms with van der Waals surface area (Å²) in [5, 5.41) is 0. The molecule has 2 aromatic rings. The molecular formula is C19H20. The minimum Gasteiger partial charge on any atom is -0.119 e. The van der Waals surface area contributed by atoms with E-state index in [2.05, 4.69) is 76.4 Å². The number of aryl methyl sites for hydroxylation is 3. The third kappa shape index (κ3) is 2.54. The van der Waals surface area contributed by atoms with Crippen LogP contribution in [0.3, 0.4) is 0 Å². The van der Waals surface area contributed by atoms with Gasteiger partial charge in [0, 0.05) is 5.57 Å². The minimum atomic E-state index is 1.09. The Morgan fingerprint density at radius 1 is 0.895 bits per heavy atom. The summed E-state index contributed by atoms with van der Waals surface area (Å²) >= 11 is 0. The smallest absolute Gasteiger partial charge is 0.0306 e. The van der Waals surface area contributed by atoms with Gasteiger partial charge in [-0.1, -0.05) is 43.0 Å². The zero-order valence-corrected chi connectivity index (χ0v) is 12.2. The van der Waals surface area contributed by atoms with Crippen LogP contribution in [0.1, 0.15) is 33.4 Å². The van der Waals surface area contributed by atoms with Crippen molar-refractivity contribution in [3.05, 3.63) is 82.1 Å². The first-order valence-corrected chi connectivity index (χ1v) is 6.59. The third-order valence-corrected chi connectivity index (χ3v) is 3.85. The van der Waals surface area contributed by atoms with Crippen LogP contribution < -0.4 is 0 Å². The van der Waals surface area contributed by atoms with Crippen molar-refractivity contribution < 1.29 is 0 Å². The van der Waals surface area contributed by atoms with Crippen molar-refractivity contribution in [3.63, 3.8) is 0 Å². The first-order chi connectivity index (χ1) is 9.04. The summed E-state index contributed by atoms with van der Waals surface area (Å²) in [7, 11) is 0. The highest BCUT2D eigenvalue weighted by molar-refractivity contribution is 5.81. The van der Waals surface area contributed by atoms with E-state index in [-0.39, 0.29) is 0 Å². The molecule has 19 heavy (non-hydrogen) atoms. The number of benzene rings is 2. The molecule has 0 unspecified atom stereocenters. The van der Waals surface area contributed by atoms with E-state index in [4.69, 9.17) is 0 Å². The van der Waals surface area contributed by atoms with Crippen LogP contribution in [0.2, 0.25) is 0 Å². The van der Waals surface area contributed by atoms with Crippen LogP contribution in [0.5, 0.6) is 0 Å². The second-order valence-corrected chi connectivity index (χ2v) is 5.10. The third-order valence-electron chi connectivity index (χ3n) is 3.85. The Hall–Kier alpha value is -2.04. The molecule has 2 rings (SSSR count). The maximum atomic E-state index is 3.87. The molecule has 0 saturated carbocycles. The lowest BCUT2D eigenvalue weighted by molar-refractivity contribution is 1.30. The van der Waals surface area contributed by atoms with Crippen LogP contribution in [-0.2, 0) is 0 Å². The first kappa shape index (κ1) is 13.4. The van der Waals surface area contributed by atoms with Gasteiger partial charge >= 0.3 is 0 Å². The summed E-state index contributed by atoms with van der Waals surface area (Å²) in [6.45, 7) is 12.4. The van der Waals surface area contributed by atoms with Crippen LogP contribution in [0.25, 0.3) is 5.57 Å². The second kappa shape index (κ2) is 5.30. The highest BCUT2D eigenvalue weighted by Gasteiger charge is 2.09. The topological polar surface area (TPSA) is 0 Å². The number of hydrogen-bond acceptors (Lipinski definition) is 0. The summed E-state index contributed by atoms with van der Waals surface area (Å²) in [6, 6.07) is 12.9. The molecule has 0 aliphatic rings. The molecule has 0 aliphatic carbocycles. The van der Waals surface area contributed by atoms with Gasteiger partial charge in [0.2, 0.25) is 0 Å². The Kier molecular flexibility index (Phi) is 3.74. The van der Waals surface area contributed by atoms with E-state index >= 15 is 0 Å². The van der Waals surface area contributed by atoms with Gasteiger partial charge in [0.1, 0.15) is 0 Å².